The minimum atomic E-state index is -0.242. The number of aromatic nitrogens is 3. The largest absolute Gasteiger partial charge is 0.321 e. The van der Waals surface area contributed by atoms with Gasteiger partial charge in [-0.15, -0.1) is 11.3 Å². The lowest BCUT2D eigenvalue weighted by Crippen LogP contribution is -2.26. The third-order valence-electron chi connectivity index (χ3n) is 6.53. The van der Waals surface area contributed by atoms with Crippen molar-refractivity contribution in [3.8, 4) is 10.6 Å². The fourth-order valence-electron chi connectivity index (χ4n) is 4.70. The Hall–Kier alpha value is -3.84. The van der Waals surface area contributed by atoms with Crippen LogP contribution in [0.25, 0.3) is 31.7 Å². The molecule has 0 bridgehead atoms. The van der Waals surface area contributed by atoms with Gasteiger partial charge in [-0.3, -0.25) is 14.2 Å². The summed E-state index contributed by atoms with van der Waals surface area (Å²) in [5.41, 5.74) is 3.55. The third kappa shape index (κ3) is 4.12. The maximum Gasteiger partial charge on any atom is 0.261 e. The average molecular weight is 481 g/mol. The number of hydrogen-bond donors (Lipinski definition) is 1. The van der Waals surface area contributed by atoms with Gasteiger partial charge in [0.05, 0.1) is 26.8 Å². The molecule has 0 fully saturated rings. The summed E-state index contributed by atoms with van der Waals surface area (Å²) in [4.78, 5) is 35.9. The topological polar surface area (TPSA) is 76.9 Å². The van der Waals surface area contributed by atoms with E-state index in [4.69, 9.17) is 9.97 Å². The second-order valence-electron chi connectivity index (χ2n) is 8.87. The van der Waals surface area contributed by atoms with Crippen LogP contribution >= 0.6 is 11.3 Å². The van der Waals surface area contributed by atoms with Gasteiger partial charge in [-0.1, -0.05) is 37.1 Å². The maximum absolute atomic E-state index is 13.2. The Balaban J connectivity index is 1.34. The highest BCUT2D eigenvalue weighted by Crippen LogP contribution is 2.34. The number of fused-ring (bicyclic) bond motifs is 3. The summed E-state index contributed by atoms with van der Waals surface area (Å²) in [7, 11) is 0. The minimum absolute atomic E-state index is 0.0139. The molecule has 174 valence electrons. The number of carbonyl (C=O) groups is 1. The quantitative estimate of drug-likeness (QED) is 0.341. The molecule has 0 aliphatic carbocycles. The number of nitrogens with one attached hydrogen (secondary N) is 1. The molecule has 1 amide bonds. The molecule has 2 aromatic heterocycles. The van der Waals surface area contributed by atoms with E-state index in [1.54, 1.807) is 29.5 Å². The number of benzene rings is 3. The van der Waals surface area contributed by atoms with Crippen LogP contribution in [0.3, 0.4) is 0 Å². The summed E-state index contributed by atoms with van der Waals surface area (Å²) in [5, 5.41) is 4.46. The van der Waals surface area contributed by atoms with Gasteiger partial charge in [0.1, 0.15) is 10.8 Å². The Morgan fingerprint density at radius 1 is 0.886 bits per heavy atom. The molecule has 0 saturated carbocycles. The molecule has 3 aromatic carbocycles. The highest BCUT2D eigenvalue weighted by atomic mass is 32.1. The van der Waals surface area contributed by atoms with E-state index >= 15 is 0 Å². The first-order chi connectivity index (χ1) is 17.2. The summed E-state index contributed by atoms with van der Waals surface area (Å²) in [6.45, 7) is 0.710. The highest BCUT2D eigenvalue weighted by Gasteiger charge is 2.17. The van der Waals surface area contributed by atoms with Crippen LogP contribution in [-0.4, -0.2) is 20.4 Å². The molecular weight excluding hydrogens is 456 g/mol. The van der Waals surface area contributed by atoms with Crippen LogP contribution < -0.4 is 10.9 Å². The molecule has 0 atom stereocenters. The van der Waals surface area contributed by atoms with E-state index in [0.29, 0.717) is 28.7 Å². The Labute approximate surface area is 206 Å². The van der Waals surface area contributed by atoms with Crippen molar-refractivity contribution in [3.05, 3.63) is 88.5 Å². The second kappa shape index (κ2) is 9.07. The Kier molecular flexibility index (Phi) is 5.62. The number of amides is 1. The molecule has 0 spiro atoms. The van der Waals surface area contributed by atoms with Crippen molar-refractivity contribution in [3.63, 3.8) is 0 Å². The van der Waals surface area contributed by atoms with Crippen LogP contribution in [0.1, 0.15) is 41.9 Å². The van der Waals surface area contributed by atoms with Crippen molar-refractivity contribution < 1.29 is 4.79 Å². The summed E-state index contributed by atoms with van der Waals surface area (Å²) < 4.78 is 2.92. The molecule has 6 rings (SSSR count). The molecule has 5 aromatic rings. The van der Waals surface area contributed by atoms with Crippen LogP contribution in [0.4, 0.5) is 5.69 Å². The van der Waals surface area contributed by atoms with E-state index in [0.717, 1.165) is 58.7 Å². The number of rotatable bonds is 3. The molecule has 35 heavy (non-hydrogen) atoms. The summed E-state index contributed by atoms with van der Waals surface area (Å²) in [6.07, 6.45) is 5.11. The van der Waals surface area contributed by atoms with Gasteiger partial charge in [-0.25, -0.2) is 9.97 Å². The second-order valence-corrected chi connectivity index (χ2v) is 9.90. The van der Waals surface area contributed by atoms with Crippen molar-refractivity contribution in [2.45, 2.75) is 38.6 Å². The van der Waals surface area contributed by atoms with E-state index in [1.807, 2.05) is 53.1 Å². The van der Waals surface area contributed by atoms with Crippen LogP contribution in [0.5, 0.6) is 0 Å². The first-order valence-corrected chi connectivity index (χ1v) is 12.8. The standard InChI is InChI=1S/C28H24N4O2S/c33-26(30-21-10-5-4-9-19(21)27-31-22-11-6-7-12-24(22)35-27)18-14-15-20-23(17-18)29-25-13-3-1-2-8-16-32(25)28(20)34/h4-7,9-12,14-15,17H,1-3,8,13,16H2,(H,30,33). The molecule has 3 heterocycles. The number of carbonyl (C=O) groups excluding carboxylic acids is 1. The molecule has 0 unspecified atom stereocenters. The minimum Gasteiger partial charge on any atom is -0.321 e. The fourth-order valence-corrected chi connectivity index (χ4v) is 5.70. The van der Waals surface area contributed by atoms with E-state index in [9.17, 15) is 9.59 Å². The molecule has 1 aliphatic rings. The Morgan fingerprint density at radius 2 is 1.71 bits per heavy atom. The van der Waals surface area contributed by atoms with Gasteiger partial charge in [0.25, 0.3) is 11.5 Å². The molecule has 0 saturated heterocycles. The zero-order valence-electron chi connectivity index (χ0n) is 19.2. The predicted octanol–water partition coefficient (Wildman–Crippen LogP) is 6.04. The summed E-state index contributed by atoms with van der Waals surface area (Å²) in [6, 6.07) is 20.9. The monoisotopic (exact) mass is 480 g/mol. The first kappa shape index (κ1) is 21.7. The van der Waals surface area contributed by atoms with Crippen molar-refractivity contribution in [1.82, 2.24) is 14.5 Å². The molecule has 1 aliphatic heterocycles. The molecule has 7 heteroatoms. The predicted molar refractivity (Wildman–Crippen MR) is 141 cm³/mol. The number of thiazole rings is 1. The van der Waals surface area contributed by atoms with Crippen molar-refractivity contribution in [1.29, 1.82) is 0 Å². The van der Waals surface area contributed by atoms with Gasteiger partial charge in [0.2, 0.25) is 0 Å². The lowest BCUT2D eigenvalue weighted by molar-refractivity contribution is 0.102. The van der Waals surface area contributed by atoms with Gasteiger partial charge >= 0.3 is 0 Å². The highest BCUT2D eigenvalue weighted by molar-refractivity contribution is 7.21. The summed E-state index contributed by atoms with van der Waals surface area (Å²) >= 11 is 1.60. The zero-order chi connectivity index (χ0) is 23.8. The van der Waals surface area contributed by atoms with Gasteiger partial charge in [0.15, 0.2) is 0 Å². The lowest BCUT2D eigenvalue weighted by Gasteiger charge is -2.16. The van der Waals surface area contributed by atoms with E-state index in [2.05, 4.69) is 5.32 Å². The van der Waals surface area contributed by atoms with E-state index in [-0.39, 0.29) is 11.5 Å². The van der Waals surface area contributed by atoms with E-state index < -0.39 is 0 Å². The number of aryl methyl sites for hydroxylation is 1. The maximum atomic E-state index is 13.2. The van der Waals surface area contributed by atoms with Gasteiger partial charge < -0.3 is 5.32 Å². The van der Waals surface area contributed by atoms with E-state index in [1.165, 1.54) is 0 Å². The van der Waals surface area contributed by atoms with Crippen LogP contribution in [0.2, 0.25) is 0 Å². The number of hydrogen-bond acceptors (Lipinski definition) is 5. The smallest absolute Gasteiger partial charge is 0.261 e. The van der Waals surface area contributed by atoms with Crippen molar-refractivity contribution in [2.24, 2.45) is 0 Å². The van der Waals surface area contributed by atoms with Crippen LogP contribution in [0, 0.1) is 0 Å². The summed E-state index contributed by atoms with van der Waals surface area (Å²) in [5.74, 6) is 0.579. The van der Waals surface area contributed by atoms with Crippen LogP contribution in [-0.2, 0) is 13.0 Å². The number of anilines is 1. The Morgan fingerprint density at radius 3 is 2.63 bits per heavy atom. The van der Waals surface area contributed by atoms with Gasteiger partial charge in [-0.05, 0) is 55.3 Å². The zero-order valence-corrected chi connectivity index (χ0v) is 20.0. The molecule has 0 radical (unpaired) electrons. The molecule has 1 N–H and O–H groups in total. The first-order valence-electron chi connectivity index (χ1n) is 12.0. The lowest BCUT2D eigenvalue weighted by atomic mass is 10.1. The van der Waals surface area contributed by atoms with Crippen molar-refractivity contribution in [2.75, 3.05) is 5.32 Å². The number of para-hydroxylation sites is 2. The number of nitrogens with zero attached hydrogens (tertiary/aromatic N) is 3. The van der Waals surface area contributed by atoms with Crippen molar-refractivity contribution >= 4 is 44.1 Å². The van der Waals surface area contributed by atoms with Gasteiger partial charge in [-0.2, -0.15) is 0 Å². The molecular formula is C28H24N4O2S. The van der Waals surface area contributed by atoms with Gasteiger partial charge in [0, 0.05) is 24.1 Å². The Bertz CT molecular complexity index is 1600. The molecule has 6 nitrogen and oxygen atoms in total. The fraction of sp³-hybridized carbons (Fsp3) is 0.214. The normalized spacial score (nSPS) is 13.8. The SMILES string of the molecule is O=C(Nc1ccccc1-c1nc2ccccc2s1)c1ccc2c(=O)n3c(nc2c1)CCCCCC3. The van der Waals surface area contributed by atoms with Crippen LogP contribution in [0.15, 0.2) is 71.5 Å². The third-order valence-corrected chi connectivity index (χ3v) is 7.60. The average Bonchev–Trinajstić information content (AvgIpc) is 3.29.